The zero-order chi connectivity index (χ0) is 16.6. The van der Waals surface area contributed by atoms with Gasteiger partial charge in [0, 0.05) is 0 Å². The fourth-order valence-corrected chi connectivity index (χ4v) is 6.66. The van der Waals surface area contributed by atoms with Gasteiger partial charge in [0.1, 0.15) is 0 Å². The third-order valence-electron chi connectivity index (χ3n) is 3.88. The normalized spacial score (nSPS) is 28.8. The fourth-order valence-electron chi connectivity index (χ4n) is 2.86. The van der Waals surface area contributed by atoms with Crippen LogP contribution in [0.25, 0.3) is 0 Å². The Bertz CT molecular complexity index is 433. The Hall–Kier alpha value is 0.730. The minimum absolute atomic E-state index is 0.0250. The standard InChI is InChI=1S/C9H23O10P3/c10-20(11,12)18-22(15,16)19-21(13,14)17-6-7-1-2-9(5-7)8-3-4-8/h7-9,13-16,21-22H,1-6H2,(H2,10,11,12). The molecule has 0 aromatic heterocycles. The molecule has 10 nitrogen and oxygen atoms in total. The van der Waals surface area contributed by atoms with E-state index in [1.165, 1.54) is 12.8 Å². The first-order chi connectivity index (χ1) is 9.96. The van der Waals surface area contributed by atoms with E-state index in [2.05, 4.69) is 8.62 Å². The van der Waals surface area contributed by atoms with E-state index in [0.29, 0.717) is 5.92 Å². The summed E-state index contributed by atoms with van der Waals surface area (Å²) < 4.78 is 23.1. The summed E-state index contributed by atoms with van der Waals surface area (Å²) in [5.74, 6) is 1.51. The molecule has 0 aliphatic heterocycles. The average molecular weight is 384 g/mol. The van der Waals surface area contributed by atoms with Gasteiger partial charge in [-0.1, -0.05) is 0 Å². The Morgan fingerprint density at radius 1 is 0.955 bits per heavy atom. The summed E-state index contributed by atoms with van der Waals surface area (Å²) >= 11 is 0. The molecule has 2 saturated carbocycles. The van der Waals surface area contributed by atoms with E-state index in [1.807, 2.05) is 0 Å². The van der Waals surface area contributed by atoms with E-state index in [0.717, 1.165) is 25.2 Å². The van der Waals surface area contributed by atoms with Gasteiger partial charge in [-0.3, -0.25) is 0 Å². The Kier molecular flexibility index (Phi) is 6.00. The fraction of sp³-hybridized carbons (Fsp3) is 1.00. The van der Waals surface area contributed by atoms with E-state index in [9.17, 15) is 24.1 Å². The van der Waals surface area contributed by atoms with Crippen LogP contribution in [0.15, 0.2) is 0 Å². The molecule has 22 heavy (non-hydrogen) atoms. The molecule has 134 valence electrons. The van der Waals surface area contributed by atoms with Crippen LogP contribution in [-0.2, 0) is 17.7 Å². The van der Waals surface area contributed by atoms with Gasteiger partial charge in [-0.2, -0.15) is 0 Å². The Balaban J connectivity index is 1.76. The quantitative estimate of drug-likeness (QED) is 0.329. The maximum atomic E-state index is 10.5. The van der Waals surface area contributed by atoms with Crippen molar-refractivity contribution < 1.29 is 47.1 Å². The van der Waals surface area contributed by atoms with Gasteiger partial charge in [-0.15, -0.1) is 0 Å². The molecule has 0 spiro atoms. The van der Waals surface area contributed by atoms with Gasteiger partial charge in [0.25, 0.3) is 0 Å². The summed E-state index contributed by atoms with van der Waals surface area (Å²) in [5.41, 5.74) is 0. The Labute approximate surface area is 128 Å². The van der Waals surface area contributed by atoms with Crippen LogP contribution in [0.1, 0.15) is 32.1 Å². The number of phosphoric acid groups is 1. The molecular weight excluding hydrogens is 361 g/mol. The second kappa shape index (κ2) is 6.92. The molecule has 6 N–H and O–H groups in total. The van der Waals surface area contributed by atoms with Crippen LogP contribution in [-0.4, -0.2) is 36.0 Å². The SMILES string of the molecule is O=P(O)(O)O[PH](O)(O)O[PH](O)(O)OCC1CCC(C2CC2)C1. The molecule has 0 heterocycles. The van der Waals surface area contributed by atoms with Crippen LogP contribution in [0.4, 0.5) is 0 Å². The predicted molar refractivity (Wildman–Crippen MR) is 79.2 cm³/mol. The van der Waals surface area contributed by atoms with Crippen molar-refractivity contribution in [3.05, 3.63) is 0 Å². The molecule has 0 bridgehead atoms. The van der Waals surface area contributed by atoms with Gasteiger partial charge in [0.05, 0.1) is 0 Å². The van der Waals surface area contributed by atoms with Crippen molar-refractivity contribution in [2.45, 2.75) is 32.1 Å². The van der Waals surface area contributed by atoms with Gasteiger partial charge in [-0.25, -0.2) is 0 Å². The van der Waals surface area contributed by atoms with Gasteiger partial charge >= 0.3 is 128 Å². The summed E-state index contributed by atoms with van der Waals surface area (Å²) in [4.78, 5) is 54.4. The second-order valence-corrected chi connectivity index (χ2v) is 10.9. The number of hydrogen-bond acceptors (Lipinski definition) is 8. The molecule has 2 unspecified atom stereocenters. The van der Waals surface area contributed by atoms with Crippen molar-refractivity contribution in [2.24, 2.45) is 17.8 Å². The molecule has 13 heteroatoms. The van der Waals surface area contributed by atoms with Gasteiger partial charge in [0.2, 0.25) is 0 Å². The van der Waals surface area contributed by atoms with E-state index < -0.39 is 24.2 Å². The molecule has 0 radical (unpaired) electrons. The van der Waals surface area contributed by atoms with Gasteiger partial charge < -0.3 is 0 Å². The van der Waals surface area contributed by atoms with Gasteiger partial charge in [0.15, 0.2) is 0 Å². The van der Waals surface area contributed by atoms with Crippen LogP contribution in [0.3, 0.4) is 0 Å². The molecular formula is C9H23O10P3. The van der Waals surface area contributed by atoms with Crippen molar-refractivity contribution in [1.29, 1.82) is 0 Å². The molecule has 2 fully saturated rings. The maximum absolute atomic E-state index is 10.5. The van der Waals surface area contributed by atoms with Gasteiger partial charge in [-0.05, 0) is 0 Å². The Morgan fingerprint density at radius 3 is 2.09 bits per heavy atom. The first kappa shape index (κ1) is 19.1. The van der Waals surface area contributed by atoms with Crippen LogP contribution in [0.2, 0.25) is 0 Å². The van der Waals surface area contributed by atoms with Crippen molar-refractivity contribution in [2.75, 3.05) is 6.61 Å². The first-order valence-corrected chi connectivity index (χ1v) is 11.9. The summed E-state index contributed by atoms with van der Waals surface area (Å²) in [6, 6.07) is 0. The first-order valence-electron chi connectivity index (χ1n) is 6.96. The molecule has 0 amide bonds. The van der Waals surface area contributed by atoms with Crippen LogP contribution in [0, 0.1) is 17.8 Å². The minimum atomic E-state index is -5.40. The molecule has 2 rings (SSSR count). The van der Waals surface area contributed by atoms with Crippen molar-refractivity contribution in [3.63, 3.8) is 0 Å². The molecule has 0 aromatic carbocycles. The zero-order valence-electron chi connectivity index (χ0n) is 11.7. The number of hydrogen-bond donors (Lipinski definition) is 6. The van der Waals surface area contributed by atoms with E-state index in [4.69, 9.17) is 14.3 Å². The monoisotopic (exact) mass is 384 g/mol. The summed E-state index contributed by atoms with van der Waals surface area (Å²) in [6.07, 6.45) is 5.33. The zero-order valence-corrected chi connectivity index (χ0v) is 14.6. The third-order valence-corrected chi connectivity index (χ3v) is 8.45. The topological polar surface area (TPSA) is 166 Å². The van der Waals surface area contributed by atoms with E-state index in [1.54, 1.807) is 0 Å². The predicted octanol–water partition coefficient (Wildman–Crippen LogP) is 0.744. The molecule has 0 saturated heterocycles. The summed E-state index contributed by atoms with van der Waals surface area (Å²) in [5, 5.41) is 0. The Morgan fingerprint density at radius 2 is 1.55 bits per heavy atom. The van der Waals surface area contributed by atoms with E-state index in [-0.39, 0.29) is 12.5 Å². The molecule has 2 aliphatic carbocycles. The number of rotatable bonds is 8. The molecule has 2 atom stereocenters. The summed E-state index contributed by atoms with van der Waals surface area (Å²) in [6.45, 7) is -0.0250. The van der Waals surface area contributed by atoms with Crippen molar-refractivity contribution in [3.8, 4) is 0 Å². The van der Waals surface area contributed by atoms with Crippen molar-refractivity contribution in [1.82, 2.24) is 0 Å². The summed E-state index contributed by atoms with van der Waals surface area (Å²) in [7, 11) is -15.6. The van der Waals surface area contributed by atoms with Crippen molar-refractivity contribution >= 4 is 24.2 Å². The van der Waals surface area contributed by atoms with Crippen LogP contribution in [0.5, 0.6) is 0 Å². The molecule has 2 aliphatic rings. The second-order valence-electron chi connectivity index (χ2n) is 5.87. The molecule has 0 aromatic rings. The van der Waals surface area contributed by atoms with E-state index >= 15 is 0 Å². The average Bonchev–Trinajstić information content (AvgIpc) is 3.01. The van der Waals surface area contributed by atoms with Crippen LogP contribution < -0.4 is 0 Å². The van der Waals surface area contributed by atoms with Crippen LogP contribution >= 0.6 is 24.2 Å². The third kappa shape index (κ3) is 6.69.